The van der Waals surface area contributed by atoms with Crippen LogP contribution in [-0.2, 0) is 4.79 Å². The molecule has 1 aromatic rings. The number of nitrogens with two attached hydrogens (primary N) is 1. The van der Waals surface area contributed by atoms with Crippen molar-refractivity contribution in [2.24, 2.45) is 5.73 Å². The molecule has 84 valence electrons. The summed E-state index contributed by atoms with van der Waals surface area (Å²) in [4.78, 5) is 17.5. The van der Waals surface area contributed by atoms with Crippen molar-refractivity contribution >= 4 is 5.91 Å². The van der Waals surface area contributed by atoms with Gasteiger partial charge in [0.2, 0.25) is 5.91 Å². The highest BCUT2D eigenvalue weighted by Gasteiger charge is 2.29. The normalized spacial score (nSPS) is 25.6. The fourth-order valence-electron chi connectivity index (χ4n) is 2.03. The van der Waals surface area contributed by atoms with Gasteiger partial charge in [0.15, 0.2) is 0 Å². The van der Waals surface area contributed by atoms with Crippen LogP contribution in [0, 0.1) is 0 Å². The van der Waals surface area contributed by atoms with Crippen molar-refractivity contribution in [3.63, 3.8) is 0 Å². The highest BCUT2D eigenvalue weighted by Crippen LogP contribution is 2.27. The number of aromatic nitrogens is 1. The number of pyridine rings is 1. The molecule has 4 nitrogen and oxygen atoms in total. The van der Waals surface area contributed by atoms with E-state index in [1.807, 2.05) is 42.3 Å². The molecular weight excluding hydrogens is 202 g/mol. The van der Waals surface area contributed by atoms with Gasteiger partial charge in [-0.05, 0) is 25.6 Å². The van der Waals surface area contributed by atoms with Crippen LogP contribution in [0.5, 0.6) is 0 Å². The highest BCUT2D eigenvalue weighted by molar-refractivity contribution is 5.82. The van der Waals surface area contributed by atoms with Crippen LogP contribution >= 0.6 is 0 Å². The largest absolute Gasteiger partial charge is 0.368 e. The number of primary amides is 1. The van der Waals surface area contributed by atoms with E-state index in [4.69, 9.17) is 5.73 Å². The smallest absolute Gasteiger partial charge is 0.238 e. The fraction of sp³-hybridized carbons (Fsp3) is 0.333. The molecule has 2 N–H and O–H groups in total. The van der Waals surface area contributed by atoms with Gasteiger partial charge < -0.3 is 5.73 Å². The number of carbonyl (C=O) groups excluding carboxylic acids is 1. The lowest BCUT2D eigenvalue weighted by molar-refractivity contribution is -0.122. The quantitative estimate of drug-likeness (QED) is 0.748. The Morgan fingerprint density at radius 1 is 1.56 bits per heavy atom. The van der Waals surface area contributed by atoms with E-state index >= 15 is 0 Å². The molecule has 0 spiro atoms. The van der Waals surface area contributed by atoms with Crippen LogP contribution in [0.4, 0.5) is 0 Å². The van der Waals surface area contributed by atoms with Gasteiger partial charge in [-0.15, -0.1) is 0 Å². The van der Waals surface area contributed by atoms with E-state index < -0.39 is 0 Å². The van der Waals surface area contributed by atoms with E-state index in [2.05, 4.69) is 4.98 Å². The van der Waals surface area contributed by atoms with Crippen molar-refractivity contribution in [3.8, 4) is 0 Å². The lowest BCUT2D eigenvalue weighted by Crippen LogP contribution is -2.44. The molecule has 2 rings (SSSR count). The van der Waals surface area contributed by atoms with Crippen molar-refractivity contribution in [2.45, 2.75) is 18.5 Å². The van der Waals surface area contributed by atoms with Gasteiger partial charge in [0.1, 0.15) is 6.04 Å². The fourth-order valence-corrected chi connectivity index (χ4v) is 2.03. The lowest BCUT2D eigenvalue weighted by atomic mass is 10.00. The number of carbonyl (C=O) groups is 1. The monoisotopic (exact) mass is 217 g/mol. The first-order valence-corrected chi connectivity index (χ1v) is 5.29. The summed E-state index contributed by atoms with van der Waals surface area (Å²) in [6.07, 6.45) is 6.47. The summed E-state index contributed by atoms with van der Waals surface area (Å²) in [5, 5.41) is 0. The van der Waals surface area contributed by atoms with E-state index in [1.165, 1.54) is 0 Å². The van der Waals surface area contributed by atoms with E-state index in [0.717, 1.165) is 12.1 Å². The predicted octanol–water partition coefficient (Wildman–Crippen LogP) is 0.868. The van der Waals surface area contributed by atoms with Gasteiger partial charge in [-0.3, -0.25) is 14.7 Å². The Morgan fingerprint density at radius 2 is 2.38 bits per heavy atom. The second kappa shape index (κ2) is 4.45. The Labute approximate surface area is 94.8 Å². The third-order valence-electron chi connectivity index (χ3n) is 2.93. The average Bonchev–Trinajstić information content (AvgIpc) is 2.30. The van der Waals surface area contributed by atoms with E-state index in [0.29, 0.717) is 0 Å². The van der Waals surface area contributed by atoms with Crippen molar-refractivity contribution in [2.75, 3.05) is 7.05 Å². The van der Waals surface area contributed by atoms with Crippen LogP contribution in [0.15, 0.2) is 36.5 Å². The third-order valence-corrected chi connectivity index (χ3v) is 2.93. The summed E-state index contributed by atoms with van der Waals surface area (Å²) in [5.41, 5.74) is 6.32. The van der Waals surface area contributed by atoms with E-state index in [9.17, 15) is 4.79 Å². The maximum atomic E-state index is 11.3. The Morgan fingerprint density at radius 3 is 3.00 bits per heavy atom. The van der Waals surface area contributed by atoms with Gasteiger partial charge in [0, 0.05) is 6.20 Å². The zero-order valence-corrected chi connectivity index (χ0v) is 9.21. The molecule has 2 heterocycles. The molecule has 0 fully saturated rings. The number of nitrogens with zero attached hydrogens (tertiary/aromatic N) is 2. The second-order valence-electron chi connectivity index (χ2n) is 3.95. The van der Waals surface area contributed by atoms with Crippen molar-refractivity contribution < 1.29 is 4.79 Å². The lowest BCUT2D eigenvalue weighted by Gasteiger charge is -2.34. The summed E-state index contributed by atoms with van der Waals surface area (Å²) in [6, 6.07) is 5.60. The number of hydrogen-bond donors (Lipinski definition) is 1. The Hall–Kier alpha value is -1.68. The van der Waals surface area contributed by atoms with Gasteiger partial charge in [0.25, 0.3) is 0 Å². The second-order valence-corrected chi connectivity index (χ2v) is 3.95. The maximum absolute atomic E-state index is 11.3. The summed E-state index contributed by atoms with van der Waals surface area (Å²) in [6.45, 7) is 0. The molecule has 1 aliphatic heterocycles. The highest BCUT2D eigenvalue weighted by atomic mass is 16.1. The van der Waals surface area contributed by atoms with Gasteiger partial charge in [-0.1, -0.05) is 18.2 Å². The standard InChI is InChI=1S/C12H15N3O/c1-15-10(9-5-2-3-8-14-9)6-4-7-11(15)12(13)16/h2-5,7-8,10-11H,6H2,1H3,(H2,13,16). The molecule has 0 saturated carbocycles. The van der Waals surface area contributed by atoms with Crippen LogP contribution < -0.4 is 5.73 Å². The van der Waals surface area contributed by atoms with Crippen molar-refractivity contribution in [1.82, 2.24) is 9.88 Å². The molecule has 16 heavy (non-hydrogen) atoms. The summed E-state index contributed by atoms with van der Waals surface area (Å²) in [7, 11) is 1.90. The first-order chi connectivity index (χ1) is 7.70. The molecule has 1 aliphatic rings. The van der Waals surface area contributed by atoms with Crippen LogP contribution in [0.2, 0.25) is 0 Å². The molecule has 4 heteroatoms. The van der Waals surface area contributed by atoms with E-state index in [1.54, 1.807) is 6.20 Å². The maximum Gasteiger partial charge on any atom is 0.238 e. The molecular formula is C12H15N3O. The third kappa shape index (κ3) is 1.97. The summed E-state index contributed by atoms with van der Waals surface area (Å²) < 4.78 is 0. The minimum atomic E-state index is -0.333. The first-order valence-electron chi connectivity index (χ1n) is 5.29. The zero-order valence-electron chi connectivity index (χ0n) is 9.21. The minimum Gasteiger partial charge on any atom is -0.368 e. The van der Waals surface area contributed by atoms with Gasteiger partial charge in [0.05, 0.1) is 11.7 Å². The van der Waals surface area contributed by atoms with Crippen molar-refractivity contribution in [1.29, 1.82) is 0 Å². The topological polar surface area (TPSA) is 59.2 Å². The predicted molar refractivity (Wildman–Crippen MR) is 61.5 cm³/mol. The molecule has 0 aliphatic carbocycles. The Bertz CT molecular complexity index is 402. The van der Waals surface area contributed by atoms with Crippen LogP contribution in [0.25, 0.3) is 0 Å². The number of rotatable bonds is 2. The van der Waals surface area contributed by atoms with Crippen LogP contribution in [0.1, 0.15) is 18.2 Å². The first kappa shape index (κ1) is 10.8. The molecule has 0 bridgehead atoms. The molecule has 1 amide bonds. The van der Waals surface area contributed by atoms with Gasteiger partial charge >= 0.3 is 0 Å². The molecule has 2 unspecified atom stereocenters. The molecule has 2 atom stereocenters. The summed E-state index contributed by atoms with van der Waals surface area (Å²) >= 11 is 0. The molecule has 1 aromatic heterocycles. The minimum absolute atomic E-state index is 0.128. The molecule has 0 radical (unpaired) electrons. The van der Waals surface area contributed by atoms with Crippen LogP contribution in [0.3, 0.4) is 0 Å². The zero-order chi connectivity index (χ0) is 11.5. The Balaban J connectivity index is 2.25. The van der Waals surface area contributed by atoms with E-state index in [-0.39, 0.29) is 18.0 Å². The molecule has 0 aromatic carbocycles. The van der Waals surface area contributed by atoms with Crippen molar-refractivity contribution in [3.05, 3.63) is 42.2 Å². The van der Waals surface area contributed by atoms with Gasteiger partial charge in [-0.2, -0.15) is 0 Å². The number of likely N-dealkylation sites (N-methyl/N-ethyl adjacent to an activating group) is 1. The molecule has 0 saturated heterocycles. The van der Waals surface area contributed by atoms with Gasteiger partial charge in [-0.25, -0.2) is 0 Å². The van der Waals surface area contributed by atoms with Crippen LogP contribution in [-0.4, -0.2) is 28.9 Å². The Kier molecular flexibility index (Phi) is 3.01. The summed E-state index contributed by atoms with van der Waals surface area (Å²) in [5.74, 6) is -0.320. The number of hydrogen-bond acceptors (Lipinski definition) is 3. The average molecular weight is 217 g/mol. The number of amides is 1. The SMILES string of the molecule is CN1C(C(N)=O)C=CCC1c1ccccn1.